The van der Waals surface area contributed by atoms with Crippen LogP contribution in [0.2, 0.25) is 0 Å². The molecule has 8 heteroatoms. The summed E-state index contributed by atoms with van der Waals surface area (Å²) in [6.07, 6.45) is 6.20. The number of Topliss-reactive ketones (excluding diaryl/α,β-unsaturated/α-hetero) is 1. The molecule has 4 atom stereocenters. The van der Waals surface area contributed by atoms with E-state index in [-0.39, 0.29) is 11.7 Å². The van der Waals surface area contributed by atoms with Gasteiger partial charge < -0.3 is 9.80 Å². The molecule has 3 aliphatic rings. The van der Waals surface area contributed by atoms with Crippen LogP contribution in [-0.2, 0) is 11.3 Å². The van der Waals surface area contributed by atoms with E-state index in [4.69, 9.17) is 0 Å². The zero-order valence-corrected chi connectivity index (χ0v) is 17.8. The molecule has 1 amide bonds. The lowest BCUT2D eigenvalue weighted by Crippen LogP contribution is -2.38. The summed E-state index contributed by atoms with van der Waals surface area (Å²) in [5.41, 5.74) is 2.27. The van der Waals surface area contributed by atoms with Gasteiger partial charge in [-0.05, 0) is 39.7 Å². The molecule has 3 fully saturated rings. The molecule has 2 aromatic rings. The molecule has 0 N–H and O–H groups in total. The second-order valence-electron chi connectivity index (χ2n) is 8.89. The van der Waals surface area contributed by atoms with Crippen LogP contribution in [-0.4, -0.2) is 61.5 Å². The molecule has 5 rings (SSSR count). The fraction of sp³-hybridized carbons (Fsp3) is 0.591. The highest BCUT2D eigenvalue weighted by atomic mass is 16.2. The van der Waals surface area contributed by atoms with Gasteiger partial charge in [0.05, 0.1) is 11.3 Å². The van der Waals surface area contributed by atoms with Crippen molar-refractivity contribution >= 4 is 17.5 Å². The van der Waals surface area contributed by atoms with Crippen LogP contribution in [0.3, 0.4) is 0 Å². The Balaban J connectivity index is 1.23. The van der Waals surface area contributed by atoms with E-state index in [0.29, 0.717) is 42.4 Å². The van der Waals surface area contributed by atoms with Crippen LogP contribution in [0.25, 0.3) is 0 Å². The summed E-state index contributed by atoms with van der Waals surface area (Å²) in [5.74, 6) is 2.30. The Morgan fingerprint density at radius 2 is 1.83 bits per heavy atom. The van der Waals surface area contributed by atoms with Gasteiger partial charge in [0.15, 0.2) is 5.78 Å². The lowest BCUT2D eigenvalue weighted by molar-refractivity contribution is -0.130. The minimum Gasteiger partial charge on any atom is -0.350 e. The summed E-state index contributed by atoms with van der Waals surface area (Å²) in [6, 6.07) is 2.95. The topological polar surface area (TPSA) is 84.2 Å². The average molecular weight is 409 g/mol. The van der Waals surface area contributed by atoms with E-state index < -0.39 is 0 Å². The first-order valence-corrected chi connectivity index (χ1v) is 10.8. The lowest BCUT2D eigenvalue weighted by Gasteiger charge is -2.28. The molecule has 0 aromatic carbocycles. The van der Waals surface area contributed by atoms with Gasteiger partial charge in [-0.2, -0.15) is 5.10 Å². The number of amides is 1. The summed E-state index contributed by atoms with van der Waals surface area (Å²) < 4.78 is 1.81. The number of carbonyl (C=O) groups is 2. The molecule has 0 unspecified atom stereocenters. The van der Waals surface area contributed by atoms with E-state index in [9.17, 15) is 9.59 Å². The number of fused-ring (bicyclic) bond motifs is 5. The van der Waals surface area contributed by atoms with E-state index in [2.05, 4.69) is 24.9 Å². The number of anilines is 1. The van der Waals surface area contributed by atoms with Gasteiger partial charge in [-0.25, -0.2) is 9.97 Å². The van der Waals surface area contributed by atoms with Crippen LogP contribution in [0.1, 0.15) is 47.9 Å². The van der Waals surface area contributed by atoms with Gasteiger partial charge in [-0.1, -0.05) is 0 Å². The maximum Gasteiger partial charge on any atom is 0.224 e. The molecule has 0 aliphatic carbocycles. The lowest BCUT2D eigenvalue weighted by atomic mass is 9.82. The molecular weight excluding hydrogens is 380 g/mol. The molecule has 30 heavy (non-hydrogen) atoms. The van der Waals surface area contributed by atoms with Gasteiger partial charge in [0.25, 0.3) is 0 Å². The van der Waals surface area contributed by atoms with E-state index in [0.717, 1.165) is 30.3 Å². The second-order valence-corrected chi connectivity index (χ2v) is 8.89. The maximum atomic E-state index is 13.0. The average Bonchev–Trinajstić information content (AvgIpc) is 3.46. The summed E-state index contributed by atoms with van der Waals surface area (Å²) >= 11 is 0. The monoisotopic (exact) mass is 408 g/mol. The van der Waals surface area contributed by atoms with E-state index >= 15 is 0 Å². The molecule has 3 aliphatic heterocycles. The fourth-order valence-electron chi connectivity index (χ4n) is 6.14. The zero-order chi connectivity index (χ0) is 21.0. The third-order valence-electron chi connectivity index (χ3n) is 7.33. The van der Waals surface area contributed by atoms with Gasteiger partial charge >= 0.3 is 0 Å². The van der Waals surface area contributed by atoms with E-state index in [1.807, 2.05) is 26.1 Å². The number of ketones is 1. The summed E-state index contributed by atoms with van der Waals surface area (Å²) in [4.78, 5) is 37.8. The second kappa shape index (κ2) is 7.18. The number of hydrogen-bond acceptors (Lipinski definition) is 6. The third-order valence-corrected chi connectivity index (χ3v) is 7.33. The van der Waals surface area contributed by atoms with Crippen molar-refractivity contribution in [2.75, 3.05) is 18.0 Å². The van der Waals surface area contributed by atoms with Crippen molar-refractivity contribution in [3.8, 4) is 0 Å². The van der Waals surface area contributed by atoms with Gasteiger partial charge in [0.2, 0.25) is 5.91 Å². The highest BCUT2D eigenvalue weighted by Gasteiger charge is 2.57. The van der Waals surface area contributed by atoms with Gasteiger partial charge in [0, 0.05) is 61.9 Å². The molecule has 0 spiro atoms. The molecule has 2 bridgehead atoms. The van der Waals surface area contributed by atoms with Crippen molar-refractivity contribution in [2.45, 2.75) is 58.7 Å². The predicted octanol–water partition coefficient (Wildman–Crippen LogP) is 2.01. The van der Waals surface area contributed by atoms with Crippen LogP contribution in [0.5, 0.6) is 0 Å². The molecule has 8 nitrogen and oxygen atoms in total. The Kier molecular flexibility index (Phi) is 4.60. The molecule has 0 saturated carbocycles. The molecule has 5 heterocycles. The van der Waals surface area contributed by atoms with Crippen molar-refractivity contribution in [3.63, 3.8) is 0 Å². The van der Waals surface area contributed by atoms with Gasteiger partial charge in [-0.3, -0.25) is 14.3 Å². The Hall–Kier alpha value is -2.77. The third kappa shape index (κ3) is 2.92. The number of aryl methyl sites for hydroxylation is 2. The van der Waals surface area contributed by atoms with Gasteiger partial charge in [0.1, 0.15) is 12.1 Å². The quantitative estimate of drug-likeness (QED) is 0.704. The van der Waals surface area contributed by atoms with Crippen molar-refractivity contribution in [1.29, 1.82) is 0 Å². The van der Waals surface area contributed by atoms with Crippen molar-refractivity contribution in [3.05, 3.63) is 35.5 Å². The molecule has 2 aromatic heterocycles. The standard InChI is InChI=1S/C22H28N6O2/c1-13-22(15(3)29)14(2)27(25-13)9-7-21(30)26-10-16-17(11-26)19-5-4-18(16)28(19)20-6-8-23-12-24-20/h6,8,12,16-19H,4-5,7,9-11H2,1-3H3/t16-,17+,18-,19+. The SMILES string of the molecule is CC(=O)c1c(C)nn(CCC(=O)N2C[C@@H]3[C@H](C2)[C@@H]2CC[C@H]3N2c2ccncn2)c1C. The Morgan fingerprint density at radius 3 is 2.40 bits per heavy atom. The normalized spacial score (nSPS) is 27.0. The number of nitrogens with zero attached hydrogens (tertiary/aromatic N) is 6. The minimum atomic E-state index is 0.0265. The summed E-state index contributed by atoms with van der Waals surface area (Å²) in [5, 5.41) is 4.47. The van der Waals surface area contributed by atoms with Crippen LogP contribution in [0, 0.1) is 25.7 Å². The number of hydrogen-bond donors (Lipinski definition) is 0. The number of aromatic nitrogens is 4. The van der Waals surface area contributed by atoms with E-state index in [1.54, 1.807) is 17.9 Å². The highest BCUT2D eigenvalue weighted by molar-refractivity contribution is 5.96. The summed E-state index contributed by atoms with van der Waals surface area (Å²) in [7, 11) is 0. The predicted molar refractivity (Wildman–Crippen MR) is 111 cm³/mol. The fourth-order valence-corrected chi connectivity index (χ4v) is 6.14. The number of carbonyl (C=O) groups excluding carboxylic acids is 2. The van der Waals surface area contributed by atoms with Gasteiger partial charge in [-0.15, -0.1) is 0 Å². The van der Waals surface area contributed by atoms with Crippen molar-refractivity contribution < 1.29 is 9.59 Å². The molecule has 158 valence electrons. The van der Waals surface area contributed by atoms with Crippen LogP contribution < -0.4 is 4.90 Å². The molecular formula is C22H28N6O2. The smallest absolute Gasteiger partial charge is 0.224 e. The van der Waals surface area contributed by atoms with Crippen LogP contribution in [0.4, 0.5) is 5.82 Å². The summed E-state index contributed by atoms with van der Waals surface area (Å²) in [6.45, 7) is 7.51. The zero-order valence-electron chi connectivity index (χ0n) is 17.8. The first kappa shape index (κ1) is 19.2. The van der Waals surface area contributed by atoms with Crippen LogP contribution in [0.15, 0.2) is 18.6 Å². The maximum absolute atomic E-state index is 13.0. The van der Waals surface area contributed by atoms with E-state index in [1.165, 1.54) is 12.8 Å². The minimum absolute atomic E-state index is 0.0265. The van der Waals surface area contributed by atoms with Crippen molar-refractivity contribution in [2.24, 2.45) is 11.8 Å². The molecule has 0 radical (unpaired) electrons. The Morgan fingerprint density at radius 1 is 1.13 bits per heavy atom. The Bertz CT molecular complexity index is 967. The first-order chi connectivity index (χ1) is 14.5. The van der Waals surface area contributed by atoms with Crippen LogP contribution >= 0.6 is 0 Å². The Labute approximate surface area is 176 Å². The largest absolute Gasteiger partial charge is 0.350 e. The van der Waals surface area contributed by atoms with Crippen molar-refractivity contribution in [1.82, 2.24) is 24.6 Å². The first-order valence-electron chi connectivity index (χ1n) is 10.8. The number of likely N-dealkylation sites (tertiary alicyclic amines) is 1. The molecule has 3 saturated heterocycles. The number of rotatable bonds is 5. The highest BCUT2D eigenvalue weighted by Crippen LogP contribution is 2.50.